The van der Waals surface area contributed by atoms with Crippen molar-refractivity contribution in [2.24, 2.45) is 7.05 Å². The van der Waals surface area contributed by atoms with Crippen LogP contribution in [0, 0.1) is 0 Å². The van der Waals surface area contributed by atoms with Crippen LogP contribution < -0.4 is 0 Å². The van der Waals surface area contributed by atoms with Gasteiger partial charge in [0.1, 0.15) is 5.69 Å². The average molecular weight is 339 g/mol. The third-order valence-electron chi connectivity index (χ3n) is 4.18. The smallest absolute Gasteiger partial charge is 0.391 e. The molecule has 0 saturated carbocycles. The summed E-state index contributed by atoms with van der Waals surface area (Å²) in [5.74, 6) is -0.367. The normalized spacial score (nSPS) is 21.3. The number of hydrogen-bond acceptors (Lipinski definition) is 3. The molecule has 8 heteroatoms. The van der Waals surface area contributed by atoms with Gasteiger partial charge in [-0.15, -0.1) is 0 Å². The SMILES string of the molecule is Cn1nccc1C(=O)N1C[C@@H](O)C[C@H]1c1cccc(C(F)(F)F)c1. The van der Waals surface area contributed by atoms with E-state index in [4.69, 9.17) is 0 Å². The summed E-state index contributed by atoms with van der Waals surface area (Å²) in [6.45, 7) is 0.0743. The van der Waals surface area contributed by atoms with Gasteiger partial charge in [0.15, 0.2) is 0 Å². The lowest BCUT2D eigenvalue weighted by Gasteiger charge is -2.25. The van der Waals surface area contributed by atoms with Crippen LogP contribution in [0.3, 0.4) is 0 Å². The zero-order valence-electron chi connectivity index (χ0n) is 12.9. The van der Waals surface area contributed by atoms with Gasteiger partial charge < -0.3 is 10.0 Å². The predicted molar refractivity (Wildman–Crippen MR) is 79.1 cm³/mol. The number of nitrogens with zero attached hydrogens (tertiary/aromatic N) is 3. The van der Waals surface area contributed by atoms with Crippen LogP contribution in [0.15, 0.2) is 36.5 Å². The van der Waals surface area contributed by atoms with Gasteiger partial charge in [-0.3, -0.25) is 9.48 Å². The molecule has 5 nitrogen and oxygen atoms in total. The molecule has 128 valence electrons. The lowest BCUT2D eigenvalue weighted by atomic mass is 10.0. The molecule has 1 aliphatic rings. The molecule has 0 aliphatic carbocycles. The summed E-state index contributed by atoms with van der Waals surface area (Å²) in [7, 11) is 1.61. The van der Waals surface area contributed by atoms with Crippen molar-refractivity contribution in [3.05, 3.63) is 53.3 Å². The van der Waals surface area contributed by atoms with Crippen LogP contribution in [0.25, 0.3) is 0 Å². The highest BCUT2D eigenvalue weighted by Crippen LogP contribution is 2.36. The molecule has 2 aromatic rings. The number of aryl methyl sites for hydroxylation is 1. The third kappa shape index (κ3) is 3.01. The molecule has 1 aromatic carbocycles. The van der Waals surface area contributed by atoms with Crippen molar-refractivity contribution in [1.82, 2.24) is 14.7 Å². The summed E-state index contributed by atoms with van der Waals surface area (Å²) in [6.07, 6.45) is -3.56. The molecule has 2 atom stereocenters. The Morgan fingerprint density at radius 3 is 2.71 bits per heavy atom. The maximum absolute atomic E-state index is 12.9. The molecule has 0 unspecified atom stereocenters. The van der Waals surface area contributed by atoms with Gasteiger partial charge in [0, 0.05) is 19.8 Å². The number of aliphatic hydroxyl groups is 1. The Labute approximate surface area is 136 Å². The van der Waals surface area contributed by atoms with E-state index in [0.29, 0.717) is 11.3 Å². The van der Waals surface area contributed by atoms with Crippen LogP contribution in [0.4, 0.5) is 13.2 Å². The van der Waals surface area contributed by atoms with Crippen molar-refractivity contribution < 1.29 is 23.1 Å². The molecule has 1 aliphatic heterocycles. The van der Waals surface area contributed by atoms with Gasteiger partial charge in [-0.25, -0.2) is 0 Å². The first kappa shape index (κ1) is 16.5. The van der Waals surface area contributed by atoms with E-state index in [1.165, 1.54) is 27.9 Å². The van der Waals surface area contributed by atoms with Crippen LogP contribution in [-0.4, -0.2) is 38.3 Å². The summed E-state index contributed by atoms with van der Waals surface area (Å²) in [6, 6.07) is 5.81. The van der Waals surface area contributed by atoms with E-state index < -0.39 is 23.9 Å². The van der Waals surface area contributed by atoms with Crippen LogP contribution >= 0.6 is 0 Å². The second-order valence-corrected chi connectivity index (χ2v) is 5.83. The number of hydrogen-bond donors (Lipinski definition) is 1. The van der Waals surface area contributed by atoms with E-state index in [9.17, 15) is 23.1 Å². The van der Waals surface area contributed by atoms with Crippen LogP contribution in [-0.2, 0) is 13.2 Å². The first-order valence-electron chi connectivity index (χ1n) is 7.41. The van der Waals surface area contributed by atoms with Gasteiger partial charge in [0.2, 0.25) is 0 Å². The van der Waals surface area contributed by atoms with Crippen LogP contribution in [0.1, 0.15) is 34.1 Å². The lowest BCUT2D eigenvalue weighted by molar-refractivity contribution is -0.137. The highest BCUT2D eigenvalue weighted by molar-refractivity contribution is 5.93. The summed E-state index contributed by atoms with van der Waals surface area (Å²) >= 11 is 0. The fourth-order valence-corrected chi connectivity index (χ4v) is 3.01. The maximum Gasteiger partial charge on any atom is 0.416 e. The topological polar surface area (TPSA) is 58.4 Å². The van der Waals surface area contributed by atoms with Gasteiger partial charge in [-0.2, -0.15) is 18.3 Å². The summed E-state index contributed by atoms with van der Waals surface area (Å²) in [5, 5.41) is 13.9. The Hall–Kier alpha value is -2.35. The molecule has 1 aromatic heterocycles. The first-order valence-corrected chi connectivity index (χ1v) is 7.41. The standard InChI is InChI=1S/C16H16F3N3O2/c1-21-13(5-6-20-21)15(24)22-9-12(23)8-14(22)10-3-2-4-11(7-10)16(17,18)19/h2-7,12,14,23H,8-9H2,1H3/t12-,14-/m0/s1. The van der Waals surface area contributed by atoms with Crippen molar-refractivity contribution in [2.45, 2.75) is 24.7 Å². The molecule has 3 rings (SSSR count). The van der Waals surface area contributed by atoms with Crippen molar-refractivity contribution >= 4 is 5.91 Å². The van der Waals surface area contributed by atoms with E-state index in [0.717, 1.165) is 12.1 Å². The number of carbonyl (C=O) groups excluding carboxylic acids is 1. The highest BCUT2D eigenvalue weighted by atomic mass is 19.4. The van der Waals surface area contributed by atoms with Crippen LogP contribution in [0.5, 0.6) is 0 Å². The molecule has 0 bridgehead atoms. The zero-order valence-corrected chi connectivity index (χ0v) is 12.9. The van der Waals surface area contributed by atoms with Crippen molar-refractivity contribution in [1.29, 1.82) is 0 Å². The van der Waals surface area contributed by atoms with E-state index in [-0.39, 0.29) is 18.9 Å². The van der Waals surface area contributed by atoms with Crippen molar-refractivity contribution in [2.75, 3.05) is 6.54 Å². The quantitative estimate of drug-likeness (QED) is 0.914. The largest absolute Gasteiger partial charge is 0.416 e. The van der Waals surface area contributed by atoms with E-state index >= 15 is 0 Å². The summed E-state index contributed by atoms with van der Waals surface area (Å²) in [5.41, 5.74) is -0.0905. The van der Waals surface area contributed by atoms with E-state index in [2.05, 4.69) is 5.10 Å². The highest BCUT2D eigenvalue weighted by Gasteiger charge is 2.38. The monoisotopic (exact) mass is 339 g/mol. The van der Waals surface area contributed by atoms with Gasteiger partial charge in [0.25, 0.3) is 5.91 Å². The summed E-state index contributed by atoms with van der Waals surface area (Å²) in [4.78, 5) is 14.1. The molecule has 24 heavy (non-hydrogen) atoms. The Kier molecular flexibility index (Phi) is 4.08. The summed E-state index contributed by atoms with van der Waals surface area (Å²) < 4.78 is 40.2. The minimum atomic E-state index is -4.45. The lowest BCUT2D eigenvalue weighted by Crippen LogP contribution is -2.33. The number of rotatable bonds is 2. The second kappa shape index (κ2) is 5.94. The zero-order chi connectivity index (χ0) is 17.5. The number of likely N-dealkylation sites (tertiary alicyclic amines) is 1. The molecule has 2 heterocycles. The molecular weight excluding hydrogens is 323 g/mol. The second-order valence-electron chi connectivity index (χ2n) is 5.83. The fraction of sp³-hybridized carbons (Fsp3) is 0.375. The van der Waals surface area contributed by atoms with Crippen molar-refractivity contribution in [3.63, 3.8) is 0 Å². The molecule has 0 radical (unpaired) electrons. The van der Waals surface area contributed by atoms with Gasteiger partial charge in [0.05, 0.1) is 17.7 Å². The molecule has 0 spiro atoms. The predicted octanol–water partition coefficient (Wildman–Crippen LogP) is 2.39. The maximum atomic E-state index is 12.9. The first-order chi connectivity index (χ1) is 11.3. The van der Waals surface area contributed by atoms with Crippen molar-refractivity contribution in [3.8, 4) is 0 Å². The van der Waals surface area contributed by atoms with E-state index in [1.807, 2.05) is 0 Å². The average Bonchev–Trinajstić information content (AvgIpc) is 3.12. The molecular formula is C16H16F3N3O2. The number of aromatic nitrogens is 2. The number of amides is 1. The minimum Gasteiger partial charge on any atom is -0.391 e. The van der Waals surface area contributed by atoms with Crippen LogP contribution in [0.2, 0.25) is 0 Å². The number of aliphatic hydroxyl groups excluding tert-OH is 1. The third-order valence-corrected chi connectivity index (χ3v) is 4.18. The van der Waals surface area contributed by atoms with Gasteiger partial charge in [-0.1, -0.05) is 12.1 Å². The Bertz CT molecular complexity index is 757. The molecule has 1 saturated heterocycles. The number of halogens is 3. The Morgan fingerprint density at radius 1 is 1.33 bits per heavy atom. The Morgan fingerprint density at radius 2 is 2.08 bits per heavy atom. The van der Waals surface area contributed by atoms with Gasteiger partial charge in [-0.05, 0) is 30.2 Å². The number of alkyl halides is 3. The fourth-order valence-electron chi connectivity index (χ4n) is 3.01. The molecule has 1 fully saturated rings. The molecule has 1 N–H and O–H groups in total. The minimum absolute atomic E-state index is 0.0743. The van der Waals surface area contributed by atoms with E-state index in [1.54, 1.807) is 13.1 Å². The Balaban J connectivity index is 1.94. The number of benzene rings is 1. The number of carbonyl (C=O) groups is 1. The van der Waals surface area contributed by atoms with Gasteiger partial charge >= 0.3 is 6.18 Å². The molecule has 1 amide bonds. The number of β-amino-alcohol motifs (C(OH)–C–C–N with tert-alkyl or cyclic N) is 1.